The standard InChI is InChI=1S/C28H46N4O14/c33-25(24-23-26(30-29-24)32(36)37)3-2-7-38-9-11-40-13-15-42-17-19-44-21-22-45-20-18-43-16-14-41-12-10-39-8-5-28(35)46-31-6-1-4-27(31)34/h23H,1-22H2,(H,29,30). The zero-order valence-electron chi connectivity index (χ0n) is 26.2. The Balaban J connectivity index is 1.19. The summed E-state index contributed by atoms with van der Waals surface area (Å²) in [5.41, 5.74) is 0.0456. The molecule has 1 aromatic rings. The number of H-pyrrole nitrogens is 1. The van der Waals surface area contributed by atoms with Gasteiger partial charge in [0.1, 0.15) is 0 Å². The Morgan fingerprint density at radius 1 is 0.739 bits per heavy atom. The lowest BCUT2D eigenvalue weighted by Gasteiger charge is -2.14. The SMILES string of the molecule is O=C(CCOCCOCCOCCOCCOCCOCCOCCOCCCC(=O)c1cc([N+](=O)[O-])[nH]n1)ON1CCCC1=O. The van der Waals surface area contributed by atoms with Crippen molar-refractivity contribution in [3.63, 3.8) is 0 Å². The molecule has 0 radical (unpaired) electrons. The fourth-order valence-electron chi connectivity index (χ4n) is 3.70. The molecule has 18 heteroatoms. The van der Waals surface area contributed by atoms with Gasteiger partial charge in [-0.25, -0.2) is 4.79 Å². The summed E-state index contributed by atoms with van der Waals surface area (Å²) in [6, 6.07) is 1.12. The number of hydrogen-bond donors (Lipinski definition) is 1. The maximum absolute atomic E-state index is 11.9. The van der Waals surface area contributed by atoms with Crippen LogP contribution in [0.25, 0.3) is 0 Å². The summed E-state index contributed by atoms with van der Waals surface area (Å²) in [4.78, 5) is 49.9. The van der Waals surface area contributed by atoms with E-state index in [9.17, 15) is 24.5 Å². The number of carbonyl (C=O) groups excluding carboxylic acids is 3. The number of ether oxygens (including phenoxy) is 8. The molecule has 46 heavy (non-hydrogen) atoms. The van der Waals surface area contributed by atoms with Gasteiger partial charge in [0.25, 0.3) is 5.91 Å². The van der Waals surface area contributed by atoms with Gasteiger partial charge in [0.05, 0.1) is 118 Å². The highest BCUT2D eigenvalue weighted by molar-refractivity contribution is 5.94. The van der Waals surface area contributed by atoms with Crippen LogP contribution in [0.4, 0.5) is 5.82 Å². The number of nitrogens with zero attached hydrogens (tertiary/aromatic N) is 3. The van der Waals surface area contributed by atoms with Gasteiger partial charge in [-0.1, -0.05) is 5.10 Å². The van der Waals surface area contributed by atoms with E-state index in [-0.39, 0.29) is 42.7 Å². The maximum Gasteiger partial charge on any atom is 0.343 e. The average molecular weight is 663 g/mol. The first kappa shape index (κ1) is 39.1. The quantitative estimate of drug-likeness (QED) is 0.0506. The molecule has 1 saturated heterocycles. The Morgan fingerprint density at radius 2 is 1.20 bits per heavy atom. The van der Waals surface area contributed by atoms with Crippen LogP contribution in [0.3, 0.4) is 0 Å². The van der Waals surface area contributed by atoms with Crippen molar-refractivity contribution in [2.75, 3.05) is 112 Å². The molecule has 0 bridgehead atoms. The summed E-state index contributed by atoms with van der Waals surface area (Å²) >= 11 is 0. The van der Waals surface area contributed by atoms with Crippen LogP contribution in [0.5, 0.6) is 0 Å². The predicted octanol–water partition coefficient (Wildman–Crippen LogP) is 0.884. The van der Waals surface area contributed by atoms with Crippen molar-refractivity contribution in [3.05, 3.63) is 21.9 Å². The number of Topliss-reactive ketones (excluding diaryl/α,β-unsaturated/α-hetero) is 1. The molecule has 1 N–H and O–H groups in total. The van der Waals surface area contributed by atoms with Crippen LogP contribution < -0.4 is 0 Å². The van der Waals surface area contributed by atoms with Gasteiger partial charge in [-0.2, -0.15) is 5.06 Å². The fourth-order valence-corrected chi connectivity index (χ4v) is 3.70. The van der Waals surface area contributed by atoms with E-state index >= 15 is 0 Å². The molecule has 0 spiro atoms. The molecule has 2 heterocycles. The van der Waals surface area contributed by atoms with Crippen molar-refractivity contribution in [1.29, 1.82) is 0 Å². The van der Waals surface area contributed by atoms with Gasteiger partial charge in [-0.3, -0.25) is 9.59 Å². The Hall–Kier alpha value is -3.10. The maximum atomic E-state index is 11.9. The summed E-state index contributed by atoms with van der Waals surface area (Å²) in [6.07, 6.45) is 1.85. The largest absolute Gasteiger partial charge is 0.379 e. The summed E-state index contributed by atoms with van der Waals surface area (Å²) in [7, 11) is 0. The summed E-state index contributed by atoms with van der Waals surface area (Å²) in [6.45, 7) is 6.87. The molecule has 1 fully saturated rings. The second kappa shape index (κ2) is 26.0. The zero-order valence-corrected chi connectivity index (χ0v) is 26.2. The number of hydroxylamine groups is 2. The lowest BCUT2D eigenvalue weighted by Crippen LogP contribution is -2.28. The molecular weight excluding hydrogens is 616 g/mol. The summed E-state index contributed by atoms with van der Waals surface area (Å²) in [5.74, 6) is -1.25. The minimum atomic E-state index is -0.638. The predicted molar refractivity (Wildman–Crippen MR) is 157 cm³/mol. The number of hydrogen-bond acceptors (Lipinski definition) is 15. The molecule has 0 unspecified atom stereocenters. The molecule has 0 atom stereocenters. The number of ketones is 1. The second-order valence-electron chi connectivity index (χ2n) is 9.63. The molecule has 1 aromatic heterocycles. The van der Waals surface area contributed by atoms with Crippen LogP contribution in [0.1, 0.15) is 42.6 Å². The van der Waals surface area contributed by atoms with Crippen LogP contribution >= 0.6 is 0 Å². The van der Waals surface area contributed by atoms with Crippen LogP contribution in [0.2, 0.25) is 0 Å². The Kier molecular flexibility index (Phi) is 22.1. The third-order valence-electron chi connectivity index (χ3n) is 6.04. The molecule has 1 aliphatic rings. The number of amides is 1. The minimum Gasteiger partial charge on any atom is -0.379 e. The first-order valence-corrected chi connectivity index (χ1v) is 15.3. The number of nitrogens with one attached hydrogen (secondary N) is 1. The highest BCUT2D eigenvalue weighted by Gasteiger charge is 2.24. The van der Waals surface area contributed by atoms with E-state index in [1.807, 2.05) is 0 Å². The third-order valence-corrected chi connectivity index (χ3v) is 6.04. The Morgan fingerprint density at radius 3 is 1.61 bits per heavy atom. The molecular formula is C28H46N4O14. The first-order valence-electron chi connectivity index (χ1n) is 15.3. The molecule has 262 valence electrons. The van der Waals surface area contributed by atoms with Crippen molar-refractivity contribution in [2.45, 2.75) is 32.1 Å². The molecule has 1 amide bonds. The molecule has 0 saturated carbocycles. The van der Waals surface area contributed by atoms with E-state index in [2.05, 4.69) is 10.2 Å². The van der Waals surface area contributed by atoms with E-state index in [4.69, 9.17) is 42.7 Å². The van der Waals surface area contributed by atoms with E-state index in [0.29, 0.717) is 125 Å². The lowest BCUT2D eigenvalue weighted by atomic mass is 10.2. The second-order valence-corrected chi connectivity index (χ2v) is 9.63. The topological polar surface area (TPSA) is 209 Å². The van der Waals surface area contributed by atoms with Gasteiger partial charge in [0.15, 0.2) is 11.5 Å². The molecule has 2 rings (SSSR count). The van der Waals surface area contributed by atoms with Gasteiger partial charge < -0.3 is 52.8 Å². The summed E-state index contributed by atoms with van der Waals surface area (Å²) in [5, 5.41) is 17.6. The molecule has 0 aliphatic carbocycles. The number of nitro groups is 1. The van der Waals surface area contributed by atoms with Gasteiger partial charge in [0.2, 0.25) is 0 Å². The van der Waals surface area contributed by atoms with Crippen molar-refractivity contribution in [1.82, 2.24) is 15.3 Å². The van der Waals surface area contributed by atoms with Crippen LogP contribution in [0, 0.1) is 10.1 Å². The molecule has 18 nitrogen and oxygen atoms in total. The summed E-state index contributed by atoms with van der Waals surface area (Å²) < 4.78 is 43.3. The van der Waals surface area contributed by atoms with Gasteiger partial charge in [0, 0.05) is 19.4 Å². The molecule has 0 aromatic carbocycles. The first-order chi connectivity index (χ1) is 22.5. The monoisotopic (exact) mass is 662 g/mol. The van der Waals surface area contributed by atoms with Crippen molar-refractivity contribution in [3.8, 4) is 0 Å². The smallest absolute Gasteiger partial charge is 0.343 e. The zero-order chi connectivity index (χ0) is 33.1. The number of aromatic nitrogens is 2. The molecule has 1 aliphatic heterocycles. The lowest BCUT2D eigenvalue weighted by molar-refractivity contribution is -0.389. The Labute approximate surface area is 267 Å². The highest BCUT2D eigenvalue weighted by Crippen LogP contribution is 2.11. The van der Waals surface area contributed by atoms with Gasteiger partial charge in [-0.15, -0.1) is 5.10 Å². The van der Waals surface area contributed by atoms with Crippen LogP contribution in [-0.2, 0) is 52.3 Å². The van der Waals surface area contributed by atoms with E-state index in [1.165, 1.54) is 0 Å². The van der Waals surface area contributed by atoms with Gasteiger partial charge in [-0.05, 0) is 17.8 Å². The fraction of sp³-hybridized carbons (Fsp3) is 0.786. The van der Waals surface area contributed by atoms with E-state index < -0.39 is 10.9 Å². The number of carbonyl (C=O) groups is 3. The third kappa shape index (κ3) is 19.4. The van der Waals surface area contributed by atoms with Crippen molar-refractivity contribution < 1.29 is 62.0 Å². The van der Waals surface area contributed by atoms with Crippen molar-refractivity contribution >= 4 is 23.5 Å². The normalized spacial score (nSPS) is 13.0. The van der Waals surface area contributed by atoms with Crippen molar-refractivity contribution in [2.24, 2.45) is 0 Å². The number of rotatable bonds is 31. The van der Waals surface area contributed by atoms with Crippen LogP contribution in [-0.4, -0.2) is 150 Å². The highest BCUT2D eigenvalue weighted by atomic mass is 16.7. The van der Waals surface area contributed by atoms with E-state index in [0.717, 1.165) is 11.1 Å². The number of aromatic amines is 1. The Bertz CT molecular complexity index is 995. The van der Waals surface area contributed by atoms with Gasteiger partial charge >= 0.3 is 11.8 Å². The van der Waals surface area contributed by atoms with Crippen LogP contribution in [0.15, 0.2) is 6.07 Å². The average Bonchev–Trinajstić information content (AvgIpc) is 3.70. The van der Waals surface area contributed by atoms with E-state index in [1.54, 1.807) is 0 Å². The minimum absolute atomic E-state index is 0.0456.